The summed E-state index contributed by atoms with van der Waals surface area (Å²) in [6, 6.07) is 89.2. The Hall–Kier alpha value is -7.98. The summed E-state index contributed by atoms with van der Waals surface area (Å²) in [5.41, 5.74) is 16.1. The van der Waals surface area contributed by atoms with Crippen molar-refractivity contribution in [2.24, 2.45) is 23.7 Å². The fourth-order valence-electron chi connectivity index (χ4n) is 15.6. The van der Waals surface area contributed by atoms with Crippen LogP contribution in [0, 0.1) is 42.5 Å². The van der Waals surface area contributed by atoms with Crippen LogP contribution in [-0.2, 0) is 31.9 Å². The number of ether oxygens (including phenoxy) is 1. The molecule has 5 aliphatic carbocycles. The van der Waals surface area contributed by atoms with Gasteiger partial charge in [0.2, 0.25) is 0 Å². The second-order valence-electron chi connectivity index (χ2n) is 22.0. The average molecular weight is 1170 g/mol. The number of hydrogen-bond donors (Lipinski definition) is 0. The summed E-state index contributed by atoms with van der Waals surface area (Å²) >= 11 is 0. The van der Waals surface area contributed by atoms with Crippen LogP contribution in [0.15, 0.2) is 231 Å². The minimum absolute atomic E-state index is 0. The van der Waals surface area contributed by atoms with E-state index >= 15 is 0 Å². The Morgan fingerprint density at radius 3 is 1.84 bits per heavy atom. The summed E-state index contributed by atoms with van der Waals surface area (Å²) in [6.45, 7) is 2.19. The number of fused-ring (bicyclic) bond motifs is 7. The number of hydrogen-bond acceptors (Lipinski definition) is 4. The molecule has 6 aliphatic rings. The van der Waals surface area contributed by atoms with Gasteiger partial charge in [-0.05, 0) is 148 Å². The van der Waals surface area contributed by atoms with Gasteiger partial charge in [-0.1, -0.05) is 157 Å². The van der Waals surface area contributed by atoms with E-state index < -0.39 is 5.41 Å². The third kappa shape index (κ3) is 6.92. The Labute approximate surface area is 464 Å². The van der Waals surface area contributed by atoms with Crippen LogP contribution >= 0.6 is 0 Å². The van der Waals surface area contributed by atoms with Crippen LogP contribution in [0.2, 0.25) is 0 Å². The van der Waals surface area contributed by atoms with Crippen molar-refractivity contribution in [2.45, 2.75) is 42.9 Å². The number of rotatable bonds is 9. The van der Waals surface area contributed by atoms with Crippen LogP contribution in [0.5, 0.6) is 11.5 Å². The van der Waals surface area contributed by atoms with E-state index in [4.69, 9.17) is 9.72 Å². The minimum atomic E-state index is -0.503. The smallest absolute Gasteiger partial charge is 0.135 e. The van der Waals surface area contributed by atoms with Gasteiger partial charge in [0.15, 0.2) is 0 Å². The molecule has 5 nitrogen and oxygen atoms in total. The predicted molar refractivity (Wildman–Crippen MR) is 306 cm³/mol. The summed E-state index contributed by atoms with van der Waals surface area (Å²) in [5, 5.41) is 2.28. The van der Waals surface area contributed by atoms with Crippen LogP contribution in [0.4, 0.5) is 22.7 Å². The number of benzene rings is 9. The molecule has 0 saturated heterocycles. The maximum Gasteiger partial charge on any atom is 0.135 e. The number of para-hydroxylation sites is 3. The molecule has 4 saturated carbocycles. The van der Waals surface area contributed by atoms with E-state index in [1.807, 2.05) is 12.1 Å². The molecule has 0 amide bonds. The van der Waals surface area contributed by atoms with Gasteiger partial charge in [0, 0.05) is 66.8 Å². The molecule has 0 spiro atoms. The molecule has 2 aromatic heterocycles. The van der Waals surface area contributed by atoms with Crippen LogP contribution in [0.25, 0.3) is 38.8 Å². The number of anilines is 4. The van der Waals surface area contributed by atoms with E-state index in [1.54, 1.807) is 0 Å². The molecule has 6 heteroatoms. The van der Waals surface area contributed by atoms with Crippen molar-refractivity contribution in [1.82, 2.24) is 9.55 Å². The molecule has 0 atom stereocenters. The summed E-state index contributed by atoms with van der Waals surface area (Å²) < 4.78 is 9.13. The van der Waals surface area contributed by atoms with E-state index in [1.165, 1.54) is 82.0 Å². The summed E-state index contributed by atoms with van der Waals surface area (Å²) in [4.78, 5) is 9.72. The summed E-state index contributed by atoms with van der Waals surface area (Å²) in [5.74, 6) is 5.13. The maximum absolute atomic E-state index is 6.82. The molecule has 77 heavy (non-hydrogen) atoms. The zero-order valence-corrected chi connectivity index (χ0v) is 44.6. The third-order valence-corrected chi connectivity index (χ3v) is 18.3. The van der Waals surface area contributed by atoms with Crippen molar-refractivity contribution in [3.8, 4) is 28.4 Å². The van der Waals surface area contributed by atoms with Gasteiger partial charge in [-0.2, -0.15) is 12.1 Å². The Bertz CT molecular complexity index is 3990. The first-order valence-electron chi connectivity index (χ1n) is 27.2. The van der Waals surface area contributed by atoms with Crippen LogP contribution in [-0.4, -0.2) is 9.55 Å². The van der Waals surface area contributed by atoms with Crippen molar-refractivity contribution in [3.05, 3.63) is 283 Å². The number of nitrogens with zero attached hydrogens (tertiary/aromatic N) is 4. The van der Waals surface area contributed by atoms with Gasteiger partial charge in [-0.25, -0.2) is 4.98 Å². The first-order valence-corrected chi connectivity index (χ1v) is 27.2. The molecular formula is C71H53N4OPt-3. The summed E-state index contributed by atoms with van der Waals surface area (Å²) in [7, 11) is 0. The van der Waals surface area contributed by atoms with Crippen LogP contribution in [0.3, 0.4) is 0 Å². The second kappa shape index (κ2) is 18.1. The molecule has 3 heterocycles. The molecular weight excluding hydrogens is 1120 g/mol. The normalized spacial score (nSPS) is 21.2. The molecule has 0 radical (unpaired) electrons. The van der Waals surface area contributed by atoms with E-state index in [0.717, 1.165) is 56.8 Å². The first-order chi connectivity index (χ1) is 37.6. The second-order valence-corrected chi connectivity index (χ2v) is 22.0. The minimum Gasteiger partial charge on any atom is -0.509 e. The van der Waals surface area contributed by atoms with E-state index in [-0.39, 0.29) is 26.5 Å². The molecule has 1 aliphatic heterocycles. The molecule has 0 N–H and O–H groups in total. The molecule has 11 aromatic rings. The average Bonchev–Trinajstić information content (AvgIpc) is 4.33. The van der Waals surface area contributed by atoms with Gasteiger partial charge in [0.1, 0.15) is 5.82 Å². The van der Waals surface area contributed by atoms with Gasteiger partial charge in [-0.3, -0.25) is 0 Å². The molecule has 0 unspecified atom stereocenters. The van der Waals surface area contributed by atoms with E-state index in [9.17, 15) is 0 Å². The van der Waals surface area contributed by atoms with Gasteiger partial charge in [-0.15, -0.1) is 48.1 Å². The predicted octanol–water partition coefficient (Wildman–Crippen LogP) is 17.1. The monoisotopic (exact) mass is 1170 g/mol. The Morgan fingerprint density at radius 2 is 1.10 bits per heavy atom. The standard InChI is InChI=1S/C71H53N4O.Pt/c1-4-17-49(18-5-1)70(53-38-47-37-48(40-53)41-54(70)39-47)52-35-36-72-69(42-52)75-65-28-13-11-26-61(65)62-34-32-58(45-68(62)75)76-57-24-16-23-55(43-57)73-46-74(67-30-15-14-29-66(67)73)56-31-33-60-59-25-10-12-27-63(59)71(64(60)44-56,50-19-6-2-7-20-50)51-21-8-3-9-22-51;/h1-36,42,44,46-48,53-54H,37-41H2;/q-3;. The summed E-state index contributed by atoms with van der Waals surface area (Å²) in [6.07, 6.45) is 8.75. The fraction of sp³-hybridized carbons (Fsp3) is 0.155. The van der Waals surface area contributed by atoms with Crippen LogP contribution < -0.4 is 14.5 Å². The quantitative estimate of drug-likeness (QED) is 0.135. The first kappa shape index (κ1) is 46.3. The topological polar surface area (TPSA) is 33.5 Å². The van der Waals surface area contributed by atoms with Crippen molar-refractivity contribution in [2.75, 3.05) is 9.80 Å². The van der Waals surface area contributed by atoms with Crippen molar-refractivity contribution >= 4 is 44.6 Å². The van der Waals surface area contributed by atoms with E-state index in [0.29, 0.717) is 23.3 Å². The molecule has 376 valence electrons. The maximum atomic E-state index is 6.82. The van der Waals surface area contributed by atoms with Gasteiger partial charge >= 0.3 is 0 Å². The third-order valence-electron chi connectivity index (χ3n) is 18.3. The van der Waals surface area contributed by atoms with Crippen molar-refractivity contribution in [3.63, 3.8) is 0 Å². The SMILES string of the molecule is [Pt].[c-]1c(Oc2[c-]c3c(cc2)c2ccccc2n3-c2cc(C3(c4ccccc4)C4CC5CC(C4)CC3C5)ccn2)cccc1N1[CH-]N(c2ccc3c(c2)C(c2ccccc2)(c2ccccc2)c2ccccc2-3)c2ccccc21. The number of pyridine rings is 1. The fourth-order valence-corrected chi connectivity index (χ4v) is 15.6. The van der Waals surface area contributed by atoms with Crippen molar-refractivity contribution < 1.29 is 25.8 Å². The number of aromatic nitrogens is 2. The van der Waals surface area contributed by atoms with E-state index in [2.05, 4.69) is 252 Å². The molecule has 4 bridgehead atoms. The Balaban J connectivity index is 0.00000518. The molecule has 9 aromatic carbocycles. The zero-order valence-electron chi connectivity index (χ0n) is 42.4. The molecule has 17 rings (SSSR count). The van der Waals surface area contributed by atoms with Crippen LogP contribution in [0.1, 0.15) is 65.5 Å². The Kier molecular flexibility index (Phi) is 10.9. The van der Waals surface area contributed by atoms with Gasteiger partial charge in [0.05, 0.1) is 5.41 Å². The van der Waals surface area contributed by atoms with Gasteiger partial charge in [0.25, 0.3) is 0 Å². The Morgan fingerprint density at radius 1 is 0.481 bits per heavy atom. The van der Waals surface area contributed by atoms with Gasteiger partial charge < -0.3 is 19.1 Å². The molecule has 4 fully saturated rings. The largest absolute Gasteiger partial charge is 0.509 e. The zero-order chi connectivity index (χ0) is 50.0. The van der Waals surface area contributed by atoms with Crippen molar-refractivity contribution in [1.29, 1.82) is 0 Å².